The number of carbonyl (C=O) groups is 1. The number of hydroxylamine groups is 1. The Kier molecular flexibility index (Phi) is 4.36. The van der Waals surface area contributed by atoms with Crippen LogP contribution in [0.5, 0.6) is 0 Å². The number of hydrogen-bond donors (Lipinski definition) is 1. The molecule has 1 aromatic carbocycles. The zero-order chi connectivity index (χ0) is 13.1. The number of rotatable bonds is 3. The first kappa shape index (κ1) is 13.8. The molecule has 0 saturated carbocycles. The highest BCUT2D eigenvalue weighted by molar-refractivity contribution is 6.31. The summed E-state index contributed by atoms with van der Waals surface area (Å²) in [5, 5.41) is 0.355. The van der Waals surface area contributed by atoms with Crippen LogP contribution in [-0.2, 0) is 4.84 Å². The van der Waals surface area contributed by atoms with E-state index >= 15 is 0 Å². The second kappa shape index (κ2) is 5.37. The Balaban J connectivity index is 2.62. The first-order valence-electron chi connectivity index (χ1n) is 4.55. The lowest BCUT2D eigenvalue weighted by Crippen LogP contribution is -2.29. The number of amides is 1. The van der Waals surface area contributed by atoms with E-state index in [0.717, 1.165) is 0 Å². The van der Waals surface area contributed by atoms with Gasteiger partial charge in [-0.05, 0) is 24.6 Å². The van der Waals surface area contributed by atoms with Gasteiger partial charge in [0.25, 0.3) is 5.91 Å². The van der Waals surface area contributed by atoms with Crippen LogP contribution in [0.4, 0.5) is 13.2 Å². The standard InChI is InChI=1S/C10H9ClF3NO2/c1-6-7(3-2-4-8(6)11)9(16)15-17-5-10(12,13)14/h2-4H,5H2,1H3,(H,15,16). The predicted octanol–water partition coefficient (Wildman–Crippen LogP) is 2.87. The second-order valence-corrected chi connectivity index (χ2v) is 3.65. The molecule has 0 atom stereocenters. The predicted molar refractivity (Wildman–Crippen MR) is 55.7 cm³/mol. The Hall–Kier alpha value is -1.27. The molecule has 0 spiro atoms. The van der Waals surface area contributed by atoms with E-state index in [-0.39, 0.29) is 5.56 Å². The van der Waals surface area contributed by atoms with Gasteiger partial charge in [0.05, 0.1) is 0 Å². The Bertz CT molecular complexity index is 421. The molecule has 1 N–H and O–H groups in total. The normalized spacial score (nSPS) is 11.4. The lowest BCUT2D eigenvalue weighted by atomic mass is 10.1. The second-order valence-electron chi connectivity index (χ2n) is 3.25. The van der Waals surface area contributed by atoms with Gasteiger partial charge in [0, 0.05) is 10.6 Å². The van der Waals surface area contributed by atoms with Gasteiger partial charge < -0.3 is 0 Å². The van der Waals surface area contributed by atoms with Crippen molar-refractivity contribution >= 4 is 17.5 Å². The maximum atomic E-state index is 11.8. The molecule has 94 valence electrons. The van der Waals surface area contributed by atoms with Crippen LogP contribution in [0.2, 0.25) is 5.02 Å². The van der Waals surface area contributed by atoms with Crippen LogP contribution < -0.4 is 5.48 Å². The summed E-state index contributed by atoms with van der Waals surface area (Å²) in [5.74, 6) is -0.769. The van der Waals surface area contributed by atoms with E-state index in [2.05, 4.69) is 4.84 Å². The van der Waals surface area contributed by atoms with Crippen LogP contribution in [0.1, 0.15) is 15.9 Å². The average molecular weight is 268 g/mol. The molecule has 0 aromatic heterocycles. The van der Waals surface area contributed by atoms with Crippen LogP contribution in [0, 0.1) is 6.92 Å². The summed E-state index contributed by atoms with van der Waals surface area (Å²) < 4.78 is 35.3. The van der Waals surface area contributed by atoms with Crippen molar-refractivity contribution in [3.8, 4) is 0 Å². The number of hydrogen-bond acceptors (Lipinski definition) is 2. The monoisotopic (exact) mass is 267 g/mol. The van der Waals surface area contributed by atoms with E-state index in [0.29, 0.717) is 10.6 Å². The van der Waals surface area contributed by atoms with E-state index in [4.69, 9.17) is 11.6 Å². The minimum absolute atomic E-state index is 0.166. The average Bonchev–Trinajstić information content (AvgIpc) is 2.20. The van der Waals surface area contributed by atoms with Gasteiger partial charge in [-0.3, -0.25) is 9.63 Å². The summed E-state index contributed by atoms with van der Waals surface area (Å²) in [5.41, 5.74) is 2.35. The van der Waals surface area contributed by atoms with E-state index in [1.807, 2.05) is 0 Å². The molecule has 7 heteroatoms. The highest BCUT2D eigenvalue weighted by atomic mass is 35.5. The van der Waals surface area contributed by atoms with Gasteiger partial charge in [-0.2, -0.15) is 13.2 Å². The first-order chi connectivity index (χ1) is 7.81. The van der Waals surface area contributed by atoms with Gasteiger partial charge in [-0.25, -0.2) is 5.48 Å². The Morgan fingerprint density at radius 1 is 1.47 bits per heavy atom. The Morgan fingerprint density at radius 2 is 2.12 bits per heavy atom. The molecule has 0 saturated heterocycles. The van der Waals surface area contributed by atoms with Crippen molar-refractivity contribution < 1.29 is 22.8 Å². The zero-order valence-corrected chi connectivity index (χ0v) is 9.52. The van der Waals surface area contributed by atoms with Crippen molar-refractivity contribution in [3.63, 3.8) is 0 Å². The largest absolute Gasteiger partial charge is 0.414 e. The number of benzene rings is 1. The molecular formula is C10H9ClF3NO2. The van der Waals surface area contributed by atoms with Crippen molar-refractivity contribution in [2.24, 2.45) is 0 Å². The fraction of sp³-hybridized carbons (Fsp3) is 0.300. The number of nitrogens with one attached hydrogen (secondary N) is 1. The van der Waals surface area contributed by atoms with Crippen molar-refractivity contribution in [2.75, 3.05) is 6.61 Å². The van der Waals surface area contributed by atoms with Gasteiger partial charge >= 0.3 is 6.18 Å². The first-order valence-corrected chi connectivity index (χ1v) is 4.93. The Morgan fingerprint density at radius 3 is 2.71 bits per heavy atom. The molecule has 1 amide bonds. The summed E-state index contributed by atoms with van der Waals surface area (Å²) in [4.78, 5) is 15.5. The maximum absolute atomic E-state index is 11.8. The van der Waals surface area contributed by atoms with Crippen molar-refractivity contribution in [1.82, 2.24) is 5.48 Å². The van der Waals surface area contributed by atoms with E-state index in [1.54, 1.807) is 18.5 Å². The van der Waals surface area contributed by atoms with Crippen LogP contribution in [0.3, 0.4) is 0 Å². The van der Waals surface area contributed by atoms with Crippen molar-refractivity contribution in [3.05, 3.63) is 34.3 Å². The molecule has 0 unspecified atom stereocenters. The molecular weight excluding hydrogens is 259 g/mol. The molecule has 0 aliphatic carbocycles. The maximum Gasteiger partial charge on any atom is 0.414 e. The smallest absolute Gasteiger partial charge is 0.267 e. The highest BCUT2D eigenvalue weighted by Crippen LogP contribution is 2.19. The van der Waals surface area contributed by atoms with E-state index < -0.39 is 18.7 Å². The SMILES string of the molecule is Cc1c(Cl)cccc1C(=O)NOCC(F)(F)F. The van der Waals surface area contributed by atoms with Gasteiger partial charge in [-0.15, -0.1) is 0 Å². The number of alkyl halides is 3. The fourth-order valence-electron chi connectivity index (χ4n) is 1.09. The third-order valence-corrected chi connectivity index (χ3v) is 2.32. The lowest BCUT2D eigenvalue weighted by molar-refractivity contribution is -0.184. The van der Waals surface area contributed by atoms with Gasteiger partial charge in [0.2, 0.25) is 0 Å². The summed E-state index contributed by atoms with van der Waals surface area (Å²) in [6, 6.07) is 4.53. The van der Waals surface area contributed by atoms with Crippen LogP contribution in [0.25, 0.3) is 0 Å². The minimum atomic E-state index is -4.49. The molecule has 0 heterocycles. The topological polar surface area (TPSA) is 38.3 Å². The van der Waals surface area contributed by atoms with Gasteiger partial charge in [-0.1, -0.05) is 17.7 Å². The van der Waals surface area contributed by atoms with Crippen LogP contribution >= 0.6 is 11.6 Å². The summed E-state index contributed by atoms with van der Waals surface area (Å²) in [6.45, 7) is 0.0410. The molecule has 0 fully saturated rings. The van der Waals surface area contributed by atoms with E-state index in [1.165, 1.54) is 12.1 Å². The summed E-state index contributed by atoms with van der Waals surface area (Å²) in [6.07, 6.45) is -4.49. The molecule has 1 aromatic rings. The Labute approximate surface area is 100 Å². The summed E-state index contributed by atoms with van der Waals surface area (Å²) in [7, 11) is 0. The molecule has 0 radical (unpaired) electrons. The molecule has 17 heavy (non-hydrogen) atoms. The third-order valence-electron chi connectivity index (χ3n) is 1.91. The molecule has 0 aliphatic rings. The highest BCUT2D eigenvalue weighted by Gasteiger charge is 2.28. The molecule has 1 rings (SSSR count). The van der Waals surface area contributed by atoms with Crippen LogP contribution in [0.15, 0.2) is 18.2 Å². The molecule has 0 bridgehead atoms. The lowest BCUT2D eigenvalue weighted by Gasteiger charge is -2.10. The summed E-state index contributed by atoms with van der Waals surface area (Å²) >= 11 is 5.76. The van der Waals surface area contributed by atoms with Gasteiger partial charge in [0.1, 0.15) is 0 Å². The number of halogens is 4. The van der Waals surface area contributed by atoms with E-state index in [9.17, 15) is 18.0 Å². The fourth-order valence-corrected chi connectivity index (χ4v) is 1.27. The molecule has 0 aliphatic heterocycles. The van der Waals surface area contributed by atoms with Crippen LogP contribution in [-0.4, -0.2) is 18.7 Å². The quantitative estimate of drug-likeness (QED) is 0.855. The zero-order valence-electron chi connectivity index (χ0n) is 8.77. The molecule has 3 nitrogen and oxygen atoms in total. The van der Waals surface area contributed by atoms with Crippen molar-refractivity contribution in [1.29, 1.82) is 0 Å². The number of carbonyl (C=O) groups excluding carboxylic acids is 1. The van der Waals surface area contributed by atoms with Gasteiger partial charge in [0.15, 0.2) is 6.61 Å². The van der Waals surface area contributed by atoms with Crippen molar-refractivity contribution in [2.45, 2.75) is 13.1 Å². The third kappa shape index (κ3) is 4.24. The minimum Gasteiger partial charge on any atom is -0.267 e.